The Hall–Kier alpha value is -3.53. The van der Waals surface area contributed by atoms with Gasteiger partial charge in [0.2, 0.25) is 5.89 Å². The average molecular weight is 412 g/mol. The summed E-state index contributed by atoms with van der Waals surface area (Å²) in [4.78, 5) is 16.6. The summed E-state index contributed by atoms with van der Waals surface area (Å²) in [5.74, 6) is -0.720. The molecule has 2 heterocycles. The molecule has 10 heteroatoms. The molecular weight excluding hydrogens is 396 g/mol. The zero-order valence-corrected chi connectivity index (χ0v) is 16.3. The van der Waals surface area contributed by atoms with Crippen molar-refractivity contribution in [2.45, 2.75) is 24.0 Å². The molecule has 9 nitrogen and oxygen atoms in total. The van der Waals surface area contributed by atoms with Gasteiger partial charge in [-0.2, -0.15) is 0 Å². The maximum atomic E-state index is 12.4. The van der Waals surface area contributed by atoms with Crippen molar-refractivity contribution in [2.24, 2.45) is 0 Å². The van der Waals surface area contributed by atoms with Crippen molar-refractivity contribution < 1.29 is 22.0 Å². The summed E-state index contributed by atoms with van der Waals surface area (Å²) in [5, 5.41) is 9.49. The van der Waals surface area contributed by atoms with Crippen molar-refractivity contribution in [2.75, 3.05) is 5.32 Å². The van der Waals surface area contributed by atoms with Crippen LogP contribution in [0.4, 0.5) is 6.01 Å². The summed E-state index contributed by atoms with van der Waals surface area (Å²) in [6.45, 7) is 3.21. The molecule has 0 atom stereocenters. The highest BCUT2D eigenvalue weighted by Gasteiger charge is 2.21. The van der Waals surface area contributed by atoms with Crippen LogP contribution in [0.1, 0.15) is 24.5 Å². The number of hydrogen-bond acceptors (Lipinski definition) is 8. The minimum absolute atomic E-state index is 0.0682. The first-order valence-corrected chi connectivity index (χ1v) is 10.2. The van der Waals surface area contributed by atoms with Crippen molar-refractivity contribution in [1.29, 1.82) is 0 Å². The summed E-state index contributed by atoms with van der Waals surface area (Å²) in [6, 6.07) is 13.0. The minimum atomic E-state index is -3.45. The highest BCUT2D eigenvalue weighted by Crippen LogP contribution is 2.25. The second-order valence-corrected chi connectivity index (χ2v) is 8.98. The lowest BCUT2D eigenvalue weighted by Gasteiger charge is -2.08. The van der Waals surface area contributed by atoms with Crippen LogP contribution in [0.25, 0.3) is 22.6 Å². The Bertz CT molecular complexity index is 1270. The van der Waals surface area contributed by atoms with Gasteiger partial charge in [-0.3, -0.25) is 10.1 Å². The number of aromatic nitrogens is 3. The summed E-state index contributed by atoms with van der Waals surface area (Å²) in [6.07, 6.45) is 0. The van der Waals surface area contributed by atoms with Gasteiger partial charge in [-0.1, -0.05) is 23.3 Å². The van der Waals surface area contributed by atoms with Crippen LogP contribution in [0.3, 0.4) is 0 Å². The van der Waals surface area contributed by atoms with E-state index >= 15 is 0 Å². The third-order valence-electron chi connectivity index (χ3n) is 4.16. The van der Waals surface area contributed by atoms with E-state index in [1.165, 1.54) is 12.1 Å². The van der Waals surface area contributed by atoms with E-state index in [1.54, 1.807) is 50.2 Å². The van der Waals surface area contributed by atoms with Gasteiger partial charge in [0.1, 0.15) is 5.52 Å². The molecule has 0 unspecified atom stereocenters. The lowest BCUT2D eigenvalue weighted by atomic mass is 10.2. The van der Waals surface area contributed by atoms with E-state index in [4.69, 9.17) is 8.83 Å². The van der Waals surface area contributed by atoms with Gasteiger partial charge in [0, 0.05) is 5.56 Å². The Kier molecular flexibility index (Phi) is 4.63. The van der Waals surface area contributed by atoms with Crippen molar-refractivity contribution in [3.8, 4) is 11.5 Å². The fourth-order valence-corrected chi connectivity index (χ4v) is 3.69. The van der Waals surface area contributed by atoms with Crippen LogP contribution in [0, 0.1) is 0 Å². The Morgan fingerprint density at radius 2 is 1.83 bits per heavy atom. The molecule has 29 heavy (non-hydrogen) atoms. The molecule has 0 saturated heterocycles. The topological polar surface area (TPSA) is 128 Å². The summed E-state index contributed by atoms with van der Waals surface area (Å²) >= 11 is 0. The van der Waals surface area contributed by atoms with Crippen molar-refractivity contribution >= 4 is 32.9 Å². The molecule has 4 rings (SSSR count). The quantitative estimate of drug-likeness (QED) is 0.529. The molecule has 4 aromatic rings. The van der Waals surface area contributed by atoms with Gasteiger partial charge in [0.05, 0.1) is 10.1 Å². The second kappa shape index (κ2) is 7.13. The maximum absolute atomic E-state index is 12.4. The molecule has 0 saturated carbocycles. The van der Waals surface area contributed by atoms with Crippen LogP contribution in [0.15, 0.2) is 62.3 Å². The van der Waals surface area contributed by atoms with Gasteiger partial charge in [-0.15, -0.1) is 5.10 Å². The molecule has 0 fully saturated rings. The number of benzene rings is 2. The van der Waals surface area contributed by atoms with E-state index in [9.17, 15) is 13.2 Å². The van der Waals surface area contributed by atoms with Gasteiger partial charge < -0.3 is 8.83 Å². The lowest BCUT2D eigenvalue weighted by molar-refractivity contribution is 0.0989. The lowest BCUT2D eigenvalue weighted by Crippen LogP contribution is -2.13. The average Bonchev–Trinajstić information content (AvgIpc) is 3.35. The van der Waals surface area contributed by atoms with Crippen LogP contribution in [-0.2, 0) is 9.84 Å². The minimum Gasteiger partial charge on any atom is -0.432 e. The molecule has 148 valence electrons. The normalized spacial score (nSPS) is 11.8. The monoisotopic (exact) mass is 412 g/mol. The number of rotatable bonds is 5. The van der Waals surface area contributed by atoms with Crippen LogP contribution in [-0.4, -0.2) is 34.8 Å². The molecule has 2 aromatic heterocycles. The van der Waals surface area contributed by atoms with Gasteiger partial charge in [-0.25, -0.2) is 13.4 Å². The van der Waals surface area contributed by atoms with E-state index in [1.807, 2.05) is 0 Å². The Labute approximate surface area is 165 Å². The number of nitrogens with zero attached hydrogens (tertiary/aromatic N) is 3. The third kappa shape index (κ3) is 3.61. The second-order valence-electron chi connectivity index (χ2n) is 6.47. The molecule has 0 aliphatic heterocycles. The number of amides is 1. The highest BCUT2D eigenvalue weighted by atomic mass is 32.2. The number of carbonyl (C=O) groups is 1. The largest absolute Gasteiger partial charge is 0.432 e. The number of oxazole rings is 1. The number of hydrogen-bond donors (Lipinski definition) is 1. The molecule has 0 bridgehead atoms. The SMILES string of the molecule is CC(C)S(=O)(=O)c1cccc(-c2nnc(NC(=O)c3nc4ccccc4o3)o2)c1. The smallest absolute Gasteiger partial charge is 0.322 e. The van der Waals surface area contributed by atoms with Crippen LogP contribution in [0.5, 0.6) is 0 Å². The first-order chi connectivity index (χ1) is 13.8. The predicted octanol–water partition coefficient (Wildman–Crippen LogP) is 3.31. The van der Waals surface area contributed by atoms with Gasteiger partial charge >= 0.3 is 11.9 Å². The first kappa shape index (κ1) is 18.8. The van der Waals surface area contributed by atoms with E-state index < -0.39 is 21.0 Å². The fraction of sp³-hybridized carbons (Fsp3) is 0.158. The zero-order valence-electron chi connectivity index (χ0n) is 15.5. The number of sulfone groups is 1. The van der Waals surface area contributed by atoms with E-state index in [0.717, 1.165) is 0 Å². The standard InChI is InChI=1S/C19H16N4O5S/c1-11(2)29(25,26)13-7-5-6-12(10-13)17-22-23-19(28-17)21-16(24)18-20-14-8-3-4-9-15(14)27-18/h3-11H,1-2H3,(H,21,23,24). The van der Waals surface area contributed by atoms with Gasteiger partial charge in [-0.05, 0) is 44.2 Å². The number of para-hydroxylation sites is 2. The summed E-state index contributed by atoms with van der Waals surface area (Å²) in [5.41, 5.74) is 1.45. The van der Waals surface area contributed by atoms with Crippen LogP contribution in [0.2, 0.25) is 0 Å². The first-order valence-electron chi connectivity index (χ1n) is 8.69. The van der Waals surface area contributed by atoms with Crippen molar-refractivity contribution in [3.05, 3.63) is 54.4 Å². The predicted molar refractivity (Wildman–Crippen MR) is 104 cm³/mol. The highest BCUT2D eigenvalue weighted by molar-refractivity contribution is 7.92. The third-order valence-corrected chi connectivity index (χ3v) is 6.32. The Morgan fingerprint density at radius 3 is 2.59 bits per heavy atom. The molecule has 0 radical (unpaired) electrons. The maximum Gasteiger partial charge on any atom is 0.322 e. The number of carbonyl (C=O) groups excluding carboxylic acids is 1. The molecule has 0 aliphatic carbocycles. The fourth-order valence-electron chi connectivity index (χ4n) is 2.59. The summed E-state index contributed by atoms with van der Waals surface area (Å²) in [7, 11) is -3.45. The zero-order chi connectivity index (χ0) is 20.6. The van der Waals surface area contributed by atoms with Gasteiger partial charge in [0.25, 0.3) is 5.89 Å². The van der Waals surface area contributed by atoms with Crippen molar-refractivity contribution in [3.63, 3.8) is 0 Å². The Morgan fingerprint density at radius 1 is 1.03 bits per heavy atom. The van der Waals surface area contributed by atoms with E-state index in [0.29, 0.717) is 16.7 Å². The molecule has 2 aromatic carbocycles. The van der Waals surface area contributed by atoms with Gasteiger partial charge in [0.15, 0.2) is 15.4 Å². The number of fused-ring (bicyclic) bond motifs is 1. The molecule has 1 N–H and O–H groups in total. The van der Waals surface area contributed by atoms with Crippen LogP contribution >= 0.6 is 0 Å². The molecule has 0 aliphatic rings. The summed E-state index contributed by atoms with van der Waals surface area (Å²) < 4.78 is 35.5. The van der Waals surface area contributed by atoms with E-state index in [2.05, 4.69) is 20.5 Å². The Balaban J connectivity index is 1.56. The van der Waals surface area contributed by atoms with E-state index in [-0.39, 0.29) is 22.7 Å². The molecule has 0 spiro atoms. The molecule has 1 amide bonds. The van der Waals surface area contributed by atoms with Crippen molar-refractivity contribution in [1.82, 2.24) is 15.2 Å². The van der Waals surface area contributed by atoms with Crippen LogP contribution < -0.4 is 5.32 Å². The molecular formula is C19H16N4O5S. The number of anilines is 1. The number of nitrogens with one attached hydrogen (secondary N) is 1.